The van der Waals surface area contributed by atoms with Gasteiger partial charge in [0.05, 0.1) is 0 Å². The number of amides is 2. The molecule has 0 aliphatic carbocycles. The van der Waals surface area contributed by atoms with Crippen molar-refractivity contribution in [1.82, 2.24) is 10.2 Å². The summed E-state index contributed by atoms with van der Waals surface area (Å²) in [6.07, 6.45) is 1.36. The first-order valence-electron chi connectivity index (χ1n) is 11.3. The lowest BCUT2D eigenvalue weighted by Gasteiger charge is -2.31. The summed E-state index contributed by atoms with van der Waals surface area (Å²) in [5.74, 6) is 0.196. The Hall–Kier alpha value is -3.60. The fourth-order valence-electron chi connectivity index (χ4n) is 3.66. The van der Waals surface area contributed by atoms with E-state index in [1.807, 2.05) is 85.8 Å². The number of likely N-dealkylation sites (N-methyl/N-ethyl adjacent to an activating group) is 1. The molecule has 0 spiro atoms. The van der Waals surface area contributed by atoms with Gasteiger partial charge >= 0.3 is 0 Å². The number of aryl methyl sites for hydroxylation is 2. The molecule has 0 aliphatic rings. The van der Waals surface area contributed by atoms with Crippen LogP contribution in [0.15, 0.2) is 78.9 Å². The number of carbonyl (C=O) groups excluding carboxylic acids is 2. The van der Waals surface area contributed by atoms with E-state index in [-0.39, 0.29) is 18.4 Å². The van der Waals surface area contributed by atoms with Gasteiger partial charge in [-0.15, -0.1) is 0 Å². The van der Waals surface area contributed by atoms with Gasteiger partial charge in [-0.3, -0.25) is 9.59 Å². The van der Waals surface area contributed by atoms with Gasteiger partial charge in [0, 0.05) is 20.0 Å². The lowest BCUT2D eigenvalue weighted by Crippen LogP contribution is -2.51. The summed E-state index contributed by atoms with van der Waals surface area (Å²) < 4.78 is 5.80. The van der Waals surface area contributed by atoms with Gasteiger partial charge in [0.2, 0.25) is 5.91 Å². The number of benzene rings is 3. The molecule has 1 unspecified atom stereocenters. The standard InChI is InChI=1S/C28H32N2O3/c1-4-22-14-16-25(17-15-22)33-20-27(31)30(19-24-12-10-21(2)11-13-24)26(28(32)29-3)18-23-8-6-5-7-9-23/h5-17,26H,4,18-20H2,1-3H3,(H,29,32). The van der Waals surface area contributed by atoms with Crippen LogP contribution < -0.4 is 10.1 Å². The lowest BCUT2D eigenvalue weighted by atomic mass is 10.0. The van der Waals surface area contributed by atoms with E-state index in [0.717, 1.165) is 23.1 Å². The highest BCUT2D eigenvalue weighted by Gasteiger charge is 2.30. The molecule has 33 heavy (non-hydrogen) atoms. The molecule has 3 aromatic rings. The number of hydrogen-bond donors (Lipinski definition) is 1. The van der Waals surface area contributed by atoms with E-state index in [4.69, 9.17) is 4.74 Å². The van der Waals surface area contributed by atoms with Crippen molar-refractivity contribution in [3.05, 3.63) is 101 Å². The van der Waals surface area contributed by atoms with Crippen LogP contribution in [0.1, 0.15) is 29.2 Å². The van der Waals surface area contributed by atoms with Crippen molar-refractivity contribution in [3.8, 4) is 5.75 Å². The van der Waals surface area contributed by atoms with Crippen molar-refractivity contribution in [2.75, 3.05) is 13.7 Å². The second-order valence-corrected chi connectivity index (χ2v) is 8.11. The van der Waals surface area contributed by atoms with E-state index in [0.29, 0.717) is 18.7 Å². The Balaban J connectivity index is 1.84. The minimum atomic E-state index is -0.655. The molecule has 3 aromatic carbocycles. The summed E-state index contributed by atoms with van der Waals surface area (Å²) in [7, 11) is 1.60. The Morgan fingerprint density at radius 2 is 1.52 bits per heavy atom. The smallest absolute Gasteiger partial charge is 0.261 e. The minimum Gasteiger partial charge on any atom is -0.484 e. The molecular formula is C28H32N2O3. The fourth-order valence-corrected chi connectivity index (χ4v) is 3.66. The van der Waals surface area contributed by atoms with Crippen molar-refractivity contribution in [1.29, 1.82) is 0 Å². The van der Waals surface area contributed by atoms with Gasteiger partial charge in [-0.1, -0.05) is 79.2 Å². The molecule has 0 saturated carbocycles. The van der Waals surface area contributed by atoms with Gasteiger partial charge < -0.3 is 15.0 Å². The van der Waals surface area contributed by atoms with Crippen LogP contribution in [0.5, 0.6) is 5.75 Å². The summed E-state index contributed by atoms with van der Waals surface area (Å²) in [5.41, 5.74) is 4.30. The third-order valence-electron chi connectivity index (χ3n) is 5.68. The van der Waals surface area contributed by atoms with E-state index < -0.39 is 6.04 Å². The molecular weight excluding hydrogens is 412 g/mol. The van der Waals surface area contributed by atoms with Gasteiger partial charge in [-0.05, 0) is 42.2 Å². The molecule has 172 valence electrons. The molecule has 0 aliphatic heterocycles. The van der Waals surface area contributed by atoms with Crippen molar-refractivity contribution in [2.24, 2.45) is 0 Å². The van der Waals surface area contributed by atoms with Crippen LogP contribution in [0.2, 0.25) is 0 Å². The van der Waals surface area contributed by atoms with Crippen LogP contribution in [0, 0.1) is 6.92 Å². The van der Waals surface area contributed by atoms with Crippen LogP contribution >= 0.6 is 0 Å². The van der Waals surface area contributed by atoms with Crippen molar-refractivity contribution >= 4 is 11.8 Å². The predicted octanol–water partition coefficient (Wildman–Crippen LogP) is 4.32. The number of rotatable bonds is 10. The van der Waals surface area contributed by atoms with Crippen LogP contribution in [0.3, 0.4) is 0 Å². The number of carbonyl (C=O) groups is 2. The molecule has 5 nitrogen and oxygen atoms in total. The monoisotopic (exact) mass is 444 g/mol. The minimum absolute atomic E-state index is 0.139. The summed E-state index contributed by atoms with van der Waals surface area (Å²) in [6.45, 7) is 4.29. The van der Waals surface area contributed by atoms with Crippen molar-refractivity contribution in [3.63, 3.8) is 0 Å². The summed E-state index contributed by atoms with van der Waals surface area (Å²) >= 11 is 0. The molecule has 0 heterocycles. The van der Waals surface area contributed by atoms with Crippen molar-refractivity contribution in [2.45, 2.75) is 39.3 Å². The molecule has 0 bridgehead atoms. The van der Waals surface area contributed by atoms with E-state index in [1.54, 1.807) is 11.9 Å². The lowest BCUT2D eigenvalue weighted by molar-refractivity contribution is -0.142. The summed E-state index contributed by atoms with van der Waals surface area (Å²) in [4.78, 5) is 27.9. The maximum Gasteiger partial charge on any atom is 0.261 e. The van der Waals surface area contributed by atoms with Crippen LogP contribution in [-0.2, 0) is 29.0 Å². The topological polar surface area (TPSA) is 58.6 Å². The highest BCUT2D eigenvalue weighted by Crippen LogP contribution is 2.17. The van der Waals surface area contributed by atoms with E-state index >= 15 is 0 Å². The molecule has 1 atom stereocenters. The Bertz CT molecular complexity index is 1030. The Morgan fingerprint density at radius 1 is 0.879 bits per heavy atom. The zero-order valence-corrected chi connectivity index (χ0v) is 19.6. The highest BCUT2D eigenvalue weighted by atomic mass is 16.5. The number of nitrogens with zero attached hydrogens (tertiary/aromatic N) is 1. The first-order chi connectivity index (χ1) is 16.0. The molecule has 0 aromatic heterocycles. The normalized spacial score (nSPS) is 11.5. The number of hydrogen-bond acceptors (Lipinski definition) is 3. The predicted molar refractivity (Wildman–Crippen MR) is 131 cm³/mol. The van der Waals surface area contributed by atoms with Crippen LogP contribution in [0.4, 0.5) is 0 Å². The van der Waals surface area contributed by atoms with E-state index in [1.165, 1.54) is 5.56 Å². The van der Waals surface area contributed by atoms with Gasteiger partial charge in [-0.2, -0.15) is 0 Å². The van der Waals surface area contributed by atoms with E-state index in [9.17, 15) is 9.59 Å². The average molecular weight is 445 g/mol. The SMILES string of the molecule is CCc1ccc(OCC(=O)N(Cc2ccc(C)cc2)C(Cc2ccccc2)C(=O)NC)cc1. The molecule has 2 amide bonds. The molecule has 0 radical (unpaired) electrons. The first-order valence-corrected chi connectivity index (χ1v) is 11.3. The van der Waals surface area contributed by atoms with Crippen molar-refractivity contribution < 1.29 is 14.3 Å². The van der Waals surface area contributed by atoms with Gasteiger partial charge in [0.25, 0.3) is 5.91 Å². The van der Waals surface area contributed by atoms with Gasteiger partial charge in [0.1, 0.15) is 11.8 Å². The third-order valence-corrected chi connectivity index (χ3v) is 5.68. The van der Waals surface area contributed by atoms with Crippen LogP contribution in [0.25, 0.3) is 0 Å². The molecule has 3 rings (SSSR count). The quantitative estimate of drug-likeness (QED) is 0.507. The van der Waals surface area contributed by atoms with Crippen LogP contribution in [-0.4, -0.2) is 36.4 Å². The maximum atomic E-state index is 13.4. The van der Waals surface area contributed by atoms with E-state index in [2.05, 4.69) is 12.2 Å². The summed E-state index contributed by atoms with van der Waals surface area (Å²) in [5, 5.41) is 2.73. The molecule has 0 fully saturated rings. The molecule has 0 saturated heterocycles. The summed E-state index contributed by atoms with van der Waals surface area (Å²) in [6, 6.07) is 24.8. The second kappa shape index (κ2) is 11.9. The average Bonchev–Trinajstić information content (AvgIpc) is 2.86. The largest absolute Gasteiger partial charge is 0.484 e. The van der Waals surface area contributed by atoms with Gasteiger partial charge in [0.15, 0.2) is 6.61 Å². The second-order valence-electron chi connectivity index (χ2n) is 8.11. The Kier molecular flexibility index (Phi) is 8.64. The maximum absolute atomic E-state index is 13.4. The Morgan fingerprint density at radius 3 is 2.12 bits per heavy atom. The Labute approximate surface area is 196 Å². The highest BCUT2D eigenvalue weighted by molar-refractivity contribution is 5.88. The third kappa shape index (κ3) is 6.94. The number of ether oxygens (including phenoxy) is 1. The molecule has 5 heteroatoms. The fraction of sp³-hybridized carbons (Fsp3) is 0.286. The first kappa shape index (κ1) is 24.1. The zero-order valence-electron chi connectivity index (χ0n) is 19.6. The molecule has 1 N–H and O–H groups in total. The van der Waals surface area contributed by atoms with Gasteiger partial charge in [-0.25, -0.2) is 0 Å². The number of nitrogens with one attached hydrogen (secondary N) is 1. The zero-order chi connectivity index (χ0) is 23.6.